The van der Waals surface area contributed by atoms with Crippen LogP contribution in [0.1, 0.15) is 24.6 Å². The van der Waals surface area contributed by atoms with Crippen molar-refractivity contribution < 1.29 is 0 Å². The van der Waals surface area contributed by atoms with Crippen molar-refractivity contribution in [2.24, 2.45) is 0 Å². The molecule has 2 aromatic rings. The molecule has 1 saturated carbocycles. The third-order valence-electron chi connectivity index (χ3n) is 2.63. The highest BCUT2D eigenvalue weighted by molar-refractivity contribution is 5.58. The van der Waals surface area contributed by atoms with Crippen LogP contribution in [0.3, 0.4) is 0 Å². The molecule has 3 rings (SSSR count). The van der Waals surface area contributed by atoms with Crippen molar-refractivity contribution in [2.75, 3.05) is 5.73 Å². The quantitative estimate of drug-likeness (QED) is 0.728. The number of nitrogen functional groups attached to an aromatic ring is 1. The molecule has 3 N–H and O–H groups in total. The van der Waals surface area contributed by atoms with Gasteiger partial charge in [-0.25, -0.2) is 4.98 Å². The average molecular weight is 200 g/mol. The maximum atomic E-state index is 5.62. The van der Waals surface area contributed by atoms with Gasteiger partial charge >= 0.3 is 0 Å². The lowest BCUT2D eigenvalue weighted by molar-refractivity contribution is 0.935. The fraction of sp³-hybridized carbons (Fsp3) is 0.273. The summed E-state index contributed by atoms with van der Waals surface area (Å²) < 4.78 is 0. The zero-order valence-electron chi connectivity index (χ0n) is 8.27. The highest BCUT2D eigenvalue weighted by atomic mass is 15.2. The molecule has 0 aliphatic heterocycles. The first-order chi connectivity index (χ1) is 7.33. The molecule has 1 heterocycles. The SMILES string of the molecule is Nc1ccc(-c2nc(C3CC3)n[nH]2)cc1. The van der Waals surface area contributed by atoms with Crippen LogP contribution in [0.4, 0.5) is 5.69 Å². The normalized spacial score (nSPS) is 15.5. The standard InChI is InChI=1S/C11H12N4/c12-9-5-3-8(4-6-9)11-13-10(14-15-11)7-1-2-7/h3-7H,1-2,12H2,(H,13,14,15). The lowest BCUT2D eigenvalue weighted by Gasteiger charge is -1.95. The molecular weight excluding hydrogens is 188 g/mol. The lowest BCUT2D eigenvalue weighted by atomic mass is 10.2. The minimum atomic E-state index is 0.587. The predicted octanol–water partition coefficient (Wildman–Crippen LogP) is 1.93. The molecule has 4 heteroatoms. The van der Waals surface area contributed by atoms with E-state index in [1.807, 2.05) is 24.3 Å². The molecule has 15 heavy (non-hydrogen) atoms. The summed E-state index contributed by atoms with van der Waals surface area (Å²) in [5, 5.41) is 7.17. The van der Waals surface area contributed by atoms with Crippen molar-refractivity contribution in [1.82, 2.24) is 15.2 Å². The van der Waals surface area contributed by atoms with Crippen LogP contribution in [0.5, 0.6) is 0 Å². The van der Waals surface area contributed by atoms with E-state index in [1.165, 1.54) is 12.8 Å². The van der Waals surface area contributed by atoms with Crippen LogP contribution < -0.4 is 5.73 Å². The summed E-state index contributed by atoms with van der Waals surface area (Å²) in [5.41, 5.74) is 7.42. The second-order valence-corrected chi connectivity index (χ2v) is 3.94. The Balaban J connectivity index is 1.93. The topological polar surface area (TPSA) is 67.6 Å². The highest BCUT2D eigenvalue weighted by Crippen LogP contribution is 2.38. The number of anilines is 1. The van der Waals surface area contributed by atoms with Gasteiger partial charge in [0.05, 0.1) is 0 Å². The van der Waals surface area contributed by atoms with Crippen molar-refractivity contribution in [1.29, 1.82) is 0 Å². The molecule has 0 atom stereocenters. The van der Waals surface area contributed by atoms with Gasteiger partial charge in [-0.15, -0.1) is 0 Å². The van der Waals surface area contributed by atoms with Crippen LogP contribution in [0.2, 0.25) is 0 Å². The summed E-state index contributed by atoms with van der Waals surface area (Å²) in [6, 6.07) is 7.64. The Morgan fingerprint density at radius 2 is 1.93 bits per heavy atom. The van der Waals surface area contributed by atoms with Gasteiger partial charge in [-0.3, -0.25) is 5.10 Å². The average Bonchev–Trinajstić information content (AvgIpc) is 2.99. The molecule has 1 aliphatic rings. The summed E-state index contributed by atoms with van der Waals surface area (Å²) in [6.45, 7) is 0. The third-order valence-corrected chi connectivity index (χ3v) is 2.63. The van der Waals surface area contributed by atoms with Gasteiger partial charge in [-0.05, 0) is 37.1 Å². The molecule has 0 unspecified atom stereocenters. The predicted molar refractivity (Wildman–Crippen MR) is 58.2 cm³/mol. The molecule has 0 spiro atoms. The number of benzene rings is 1. The number of hydrogen-bond donors (Lipinski definition) is 2. The number of H-pyrrole nitrogens is 1. The smallest absolute Gasteiger partial charge is 0.155 e. The molecule has 1 aliphatic carbocycles. The van der Waals surface area contributed by atoms with Gasteiger partial charge < -0.3 is 5.73 Å². The van der Waals surface area contributed by atoms with Crippen molar-refractivity contribution >= 4 is 5.69 Å². The van der Waals surface area contributed by atoms with E-state index in [4.69, 9.17) is 5.73 Å². The lowest BCUT2D eigenvalue weighted by Crippen LogP contribution is -1.85. The zero-order chi connectivity index (χ0) is 10.3. The van der Waals surface area contributed by atoms with Gasteiger partial charge in [0.25, 0.3) is 0 Å². The van der Waals surface area contributed by atoms with Crippen LogP contribution in [0.15, 0.2) is 24.3 Å². The molecular formula is C11H12N4. The van der Waals surface area contributed by atoms with E-state index in [1.54, 1.807) is 0 Å². The minimum absolute atomic E-state index is 0.587. The maximum absolute atomic E-state index is 5.62. The van der Waals surface area contributed by atoms with Crippen LogP contribution in [-0.2, 0) is 0 Å². The summed E-state index contributed by atoms with van der Waals surface area (Å²) in [5.74, 6) is 2.36. The highest BCUT2D eigenvalue weighted by Gasteiger charge is 2.27. The van der Waals surface area contributed by atoms with Crippen molar-refractivity contribution in [3.8, 4) is 11.4 Å². The van der Waals surface area contributed by atoms with E-state index in [0.717, 1.165) is 22.9 Å². The summed E-state index contributed by atoms with van der Waals surface area (Å²) in [6.07, 6.45) is 2.44. The molecule has 0 bridgehead atoms. The van der Waals surface area contributed by atoms with Crippen molar-refractivity contribution in [3.63, 3.8) is 0 Å². The molecule has 0 amide bonds. The van der Waals surface area contributed by atoms with Gasteiger partial charge in [0.15, 0.2) is 11.6 Å². The first-order valence-corrected chi connectivity index (χ1v) is 5.11. The summed E-state index contributed by atoms with van der Waals surface area (Å²) >= 11 is 0. The van der Waals surface area contributed by atoms with Crippen LogP contribution in [0, 0.1) is 0 Å². The van der Waals surface area contributed by atoms with Gasteiger partial charge in [0.1, 0.15) is 0 Å². The Hall–Kier alpha value is -1.84. The Bertz CT molecular complexity index is 468. The Labute approximate surface area is 87.5 Å². The van der Waals surface area contributed by atoms with E-state index in [-0.39, 0.29) is 0 Å². The van der Waals surface area contributed by atoms with E-state index in [0.29, 0.717) is 5.92 Å². The van der Waals surface area contributed by atoms with E-state index in [9.17, 15) is 0 Å². The zero-order valence-corrected chi connectivity index (χ0v) is 8.27. The summed E-state index contributed by atoms with van der Waals surface area (Å²) in [7, 11) is 0. The van der Waals surface area contributed by atoms with Gasteiger partial charge in [0, 0.05) is 17.2 Å². The largest absolute Gasteiger partial charge is 0.399 e. The number of nitrogens with zero attached hydrogens (tertiary/aromatic N) is 2. The van der Waals surface area contributed by atoms with E-state index in [2.05, 4.69) is 15.2 Å². The number of hydrogen-bond acceptors (Lipinski definition) is 3. The minimum Gasteiger partial charge on any atom is -0.399 e. The van der Waals surface area contributed by atoms with E-state index < -0.39 is 0 Å². The van der Waals surface area contributed by atoms with Crippen molar-refractivity contribution in [3.05, 3.63) is 30.1 Å². The van der Waals surface area contributed by atoms with Gasteiger partial charge in [0.2, 0.25) is 0 Å². The maximum Gasteiger partial charge on any atom is 0.155 e. The number of rotatable bonds is 2. The van der Waals surface area contributed by atoms with Gasteiger partial charge in [-0.1, -0.05) is 0 Å². The first-order valence-electron chi connectivity index (χ1n) is 5.11. The number of nitrogens with two attached hydrogens (primary N) is 1. The molecule has 1 fully saturated rings. The number of nitrogens with one attached hydrogen (secondary N) is 1. The Morgan fingerprint density at radius 1 is 1.20 bits per heavy atom. The molecule has 0 saturated heterocycles. The second kappa shape index (κ2) is 3.08. The van der Waals surface area contributed by atoms with Crippen LogP contribution in [0.25, 0.3) is 11.4 Å². The second-order valence-electron chi connectivity index (χ2n) is 3.94. The molecule has 0 radical (unpaired) electrons. The Kier molecular flexibility index (Phi) is 1.74. The van der Waals surface area contributed by atoms with Gasteiger partial charge in [-0.2, -0.15) is 5.10 Å². The molecule has 76 valence electrons. The molecule has 1 aromatic heterocycles. The van der Waals surface area contributed by atoms with E-state index >= 15 is 0 Å². The summed E-state index contributed by atoms with van der Waals surface area (Å²) in [4.78, 5) is 4.46. The van der Waals surface area contributed by atoms with Crippen molar-refractivity contribution in [2.45, 2.75) is 18.8 Å². The van der Waals surface area contributed by atoms with Crippen LogP contribution >= 0.6 is 0 Å². The number of aromatic amines is 1. The molecule has 1 aromatic carbocycles. The number of aromatic nitrogens is 3. The fourth-order valence-electron chi connectivity index (χ4n) is 1.57. The van der Waals surface area contributed by atoms with Crippen LogP contribution in [-0.4, -0.2) is 15.2 Å². The Morgan fingerprint density at radius 3 is 2.60 bits per heavy atom. The first kappa shape index (κ1) is 8.47. The monoisotopic (exact) mass is 200 g/mol. The fourth-order valence-corrected chi connectivity index (χ4v) is 1.57. The molecule has 4 nitrogen and oxygen atoms in total. The third kappa shape index (κ3) is 1.58.